The van der Waals surface area contributed by atoms with Crippen LogP contribution in [0.2, 0.25) is 5.02 Å². The van der Waals surface area contributed by atoms with Crippen molar-refractivity contribution in [1.82, 2.24) is 19.6 Å². The molecule has 2 heterocycles. The smallest absolute Gasteiger partial charge is 0.0869 e. The normalized spacial score (nSPS) is 11.1. The number of rotatable bonds is 3. The van der Waals surface area contributed by atoms with Gasteiger partial charge in [-0.05, 0) is 26.3 Å². The van der Waals surface area contributed by atoms with Gasteiger partial charge in [-0.3, -0.25) is 9.36 Å². The van der Waals surface area contributed by atoms with Crippen molar-refractivity contribution in [3.63, 3.8) is 0 Å². The van der Waals surface area contributed by atoms with Crippen LogP contribution in [0.1, 0.15) is 29.7 Å². The molecule has 0 spiro atoms. The van der Waals surface area contributed by atoms with Crippen molar-refractivity contribution >= 4 is 11.6 Å². The molecule has 0 saturated carbocycles. The molecule has 0 bridgehead atoms. The lowest BCUT2D eigenvalue weighted by molar-refractivity contribution is 0.603. The van der Waals surface area contributed by atoms with Crippen molar-refractivity contribution in [2.75, 3.05) is 0 Å². The predicted octanol–water partition coefficient (Wildman–Crippen LogP) is 2.50. The van der Waals surface area contributed by atoms with Gasteiger partial charge < -0.3 is 0 Å². The largest absolute Gasteiger partial charge is 0.269 e. The zero-order chi connectivity index (χ0) is 12.6. The zero-order valence-corrected chi connectivity index (χ0v) is 11.4. The Morgan fingerprint density at radius 1 is 1.29 bits per heavy atom. The number of hydrogen-bond acceptors (Lipinski definition) is 2. The molecule has 0 aromatic carbocycles. The molecule has 5 heteroatoms. The van der Waals surface area contributed by atoms with Crippen LogP contribution in [0, 0.1) is 13.8 Å². The first-order valence-corrected chi connectivity index (χ1v) is 6.12. The van der Waals surface area contributed by atoms with Crippen LogP contribution in [0.5, 0.6) is 0 Å². The van der Waals surface area contributed by atoms with Crippen LogP contribution in [0.15, 0.2) is 6.07 Å². The van der Waals surface area contributed by atoms with Gasteiger partial charge >= 0.3 is 0 Å². The lowest BCUT2D eigenvalue weighted by Gasteiger charge is -2.05. The minimum absolute atomic E-state index is 0.669. The Bertz CT molecular complexity index is 539. The van der Waals surface area contributed by atoms with Crippen molar-refractivity contribution in [2.45, 2.75) is 33.7 Å². The Morgan fingerprint density at radius 3 is 2.47 bits per heavy atom. The minimum Gasteiger partial charge on any atom is -0.269 e. The van der Waals surface area contributed by atoms with Crippen LogP contribution in [0.3, 0.4) is 0 Å². The van der Waals surface area contributed by atoms with E-state index in [1.807, 2.05) is 30.3 Å². The Hall–Kier alpha value is -1.29. The van der Waals surface area contributed by atoms with E-state index >= 15 is 0 Å². The average Bonchev–Trinajstić information content (AvgIpc) is 2.72. The van der Waals surface area contributed by atoms with E-state index in [1.54, 1.807) is 0 Å². The Morgan fingerprint density at radius 2 is 2.00 bits per heavy atom. The molecule has 0 N–H and O–H groups in total. The van der Waals surface area contributed by atoms with E-state index in [0.29, 0.717) is 6.54 Å². The number of aromatic nitrogens is 4. The summed E-state index contributed by atoms with van der Waals surface area (Å²) >= 11 is 6.31. The van der Waals surface area contributed by atoms with Crippen LogP contribution >= 0.6 is 11.6 Å². The fourth-order valence-corrected chi connectivity index (χ4v) is 2.32. The van der Waals surface area contributed by atoms with Gasteiger partial charge in [-0.1, -0.05) is 18.5 Å². The van der Waals surface area contributed by atoms with Crippen molar-refractivity contribution in [3.8, 4) is 0 Å². The predicted molar refractivity (Wildman–Crippen MR) is 68.4 cm³/mol. The number of hydrogen-bond donors (Lipinski definition) is 0. The average molecular weight is 253 g/mol. The monoisotopic (exact) mass is 252 g/mol. The van der Waals surface area contributed by atoms with E-state index in [4.69, 9.17) is 11.6 Å². The molecule has 0 amide bonds. The van der Waals surface area contributed by atoms with E-state index in [9.17, 15) is 0 Å². The highest BCUT2D eigenvalue weighted by molar-refractivity contribution is 6.31. The first kappa shape index (κ1) is 12.2. The van der Waals surface area contributed by atoms with Crippen LogP contribution in [-0.4, -0.2) is 19.6 Å². The lowest BCUT2D eigenvalue weighted by atomic mass is 10.3. The zero-order valence-electron chi connectivity index (χ0n) is 10.7. The summed E-state index contributed by atoms with van der Waals surface area (Å²) < 4.78 is 3.80. The molecule has 0 aliphatic rings. The molecule has 0 atom stereocenters. The van der Waals surface area contributed by atoms with Crippen molar-refractivity contribution in [3.05, 3.63) is 33.9 Å². The molecule has 0 aliphatic carbocycles. The molecular weight excluding hydrogens is 236 g/mol. The van der Waals surface area contributed by atoms with Crippen molar-refractivity contribution in [1.29, 1.82) is 0 Å². The summed E-state index contributed by atoms with van der Waals surface area (Å²) in [7, 11) is 1.92. The van der Waals surface area contributed by atoms with Gasteiger partial charge in [0.25, 0.3) is 0 Å². The highest BCUT2D eigenvalue weighted by atomic mass is 35.5. The molecule has 2 aromatic heterocycles. The van der Waals surface area contributed by atoms with Gasteiger partial charge in [-0.2, -0.15) is 10.2 Å². The van der Waals surface area contributed by atoms with Crippen molar-refractivity contribution < 1.29 is 0 Å². The maximum absolute atomic E-state index is 6.31. The third-order valence-corrected chi connectivity index (χ3v) is 3.34. The second kappa shape index (κ2) is 4.53. The molecule has 0 radical (unpaired) electrons. The maximum Gasteiger partial charge on any atom is 0.0869 e. The fraction of sp³-hybridized carbons (Fsp3) is 0.500. The minimum atomic E-state index is 0.669. The van der Waals surface area contributed by atoms with Gasteiger partial charge in [-0.15, -0.1) is 0 Å². The van der Waals surface area contributed by atoms with Gasteiger partial charge in [0.05, 0.1) is 28.6 Å². The first-order valence-electron chi connectivity index (χ1n) is 5.74. The number of nitrogens with zero attached hydrogens (tertiary/aromatic N) is 4. The van der Waals surface area contributed by atoms with Gasteiger partial charge in [0.15, 0.2) is 0 Å². The molecule has 0 fully saturated rings. The standard InChI is InChI=1S/C12H17ClN4/c1-5-10-12(13)11(16(4)15-10)7-17-9(3)6-8(2)14-17/h6H,5,7H2,1-4H3. The summed E-state index contributed by atoms with van der Waals surface area (Å²) in [4.78, 5) is 0. The lowest BCUT2D eigenvalue weighted by Crippen LogP contribution is -2.08. The van der Waals surface area contributed by atoms with E-state index in [1.165, 1.54) is 0 Å². The van der Waals surface area contributed by atoms with Crippen LogP contribution in [0.4, 0.5) is 0 Å². The van der Waals surface area contributed by atoms with Crippen molar-refractivity contribution in [2.24, 2.45) is 7.05 Å². The second-order valence-corrected chi connectivity index (χ2v) is 4.65. The highest BCUT2D eigenvalue weighted by Gasteiger charge is 2.14. The first-order chi connectivity index (χ1) is 8.02. The summed E-state index contributed by atoms with van der Waals surface area (Å²) in [6.07, 6.45) is 0.851. The summed E-state index contributed by atoms with van der Waals surface area (Å²) in [5.41, 5.74) is 4.12. The molecule has 0 unspecified atom stereocenters. The van der Waals surface area contributed by atoms with E-state index in [-0.39, 0.29) is 0 Å². The van der Waals surface area contributed by atoms with E-state index in [0.717, 1.165) is 34.2 Å². The molecule has 2 aromatic rings. The maximum atomic E-state index is 6.31. The van der Waals surface area contributed by atoms with Gasteiger partial charge in [-0.25, -0.2) is 0 Å². The Balaban J connectivity index is 2.36. The molecule has 2 rings (SSSR count). The topological polar surface area (TPSA) is 35.6 Å². The third kappa shape index (κ3) is 2.22. The Kier molecular flexibility index (Phi) is 3.24. The van der Waals surface area contributed by atoms with Crippen LogP contribution in [-0.2, 0) is 20.0 Å². The van der Waals surface area contributed by atoms with Gasteiger partial charge in [0, 0.05) is 12.7 Å². The third-order valence-electron chi connectivity index (χ3n) is 2.91. The Labute approximate surface area is 106 Å². The molecule has 92 valence electrons. The fourth-order valence-electron chi connectivity index (χ4n) is 1.97. The molecule has 0 saturated heterocycles. The van der Waals surface area contributed by atoms with Crippen LogP contribution < -0.4 is 0 Å². The quantitative estimate of drug-likeness (QED) is 0.842. The SMILES string of the molecule is CCc1nn(C)c(Cn2nc(C)cc2C)c1Cl. The van der Waals surface area contributed by atoms with Gasteiger partial charge in [0.2, 0.25) is 0 Å². The summed E-state index contributed by atoms with van der Waals surface area (Å²) in [5.74, 6) is 0. The van der Waals surface area contributed by atoms with Gasteiger partial charge in [0.1, 0.15) is 0 Å². The summed E-state index contributed by atoms with van der Waals surface area (Å²) in [5, 5.41) is 9.61. The molecule has 0 aliphatic heterocycles. The summed E-state index contributed by atoms with van der Waals surface area (Å²) in [6.45, 7) is 6.76. The highest BCUT2D eigenvalue weighted by Crippen LogP contribution is 2.22. The number of aryl methyl sites for hydroxylation is 4. The number of halogens is 1. The summed E-state index contributed by atoms with van der Waals surface area (Å²) in [6, 6.07) is 2.06. The molecular formula is C12H17ClN4. The van der Waals surface area contributed by atoms with E-state index in [2.05, 4.69) is 23.2 Å². The second-order valence-electron chi connectivity index (χ2n) is 4.27. The van der Waals surface area contributed by atoms with Crippen LogP contribution in [0.25, 0.3) is 0 Å². The molecule has 4 nitrogen and oxygen atoms in total. The van der Waals surface area contributed by atoms with E-state index < -0.39 is 0 Å². The molecule has 17 heavy (non-hydrogen) atoms.